The normalized spacial score (nSPS) is 24.1. The second kappa shape index (κ2) is 8.68. The summed E-state index contributed by atoms with van der Waals surface area (Å²) >= 11 is 0. The Morgan fingerprint density at radius 3 is 2.54 bits per heavy atom. The number of aliphatic hydroxyl groups excluding tert-OH is 1. The average molecular weight is 390 g/mol. The number of halogens is 1. The van der Waals surface area contributed by atoms with Gasteiger partial charge in [0.05, 0.1) is 11.8 Å². The molecule has 2 saturated heterocycles. The van der Waals surface area contributed by atoms with Crippen molar-refractivity contribution in [1.82, 2.24) is 10.2 Å². The van der Waals surface area contributed by atoms with Crippen LogP contribution in [0.1, 0.15) is 56.9 Å². The minimum absolute atomic E-state index is 0.0103. The van der Waals surface area contributed by atoms with Crippen LogP contribution in [0.25, 0.3) is 0 Å². The molecule has 154 valence electrons. The van der Waals surface area contributed by atoms with E-state index < -0.39 is 0 Å². The Morgan fingerprint density at radius 2 is 1.82 bits per heavy atom. The predicted molar refractivity (Wildman–Crippen MR) is 108 cm³/mol. The lowest BCUT2D eigenvalue weighted by atomic mass is 9.96. The average Bonchev–Trinajstić information content (AvgIpc) is 3.38. The molecule has 0 spiro atoms. The zero-order chi connectivity index (χ0) is 19.5. The van der Waals surface area contributed by atoms with E-state index in [1.165, 1.54) is 31.7 Å². The predicted octanol–water partition coefficient (Wildman–Crippen LogP) is 3.65. The first-order valence-corrected chi connectivity index (χ1v) is 10.9. The van der Waals surface area contributed by atoms with Gasteiger partial charge in [-0.1, -0.05) is 18.9 Å². The lowest BCUT2D eigenvalue weighted by molar-refractivity contribution is 0.145. The molecule has 1 aromatic carbocycles. The van der Waals surface area contributed by atoms with E-state index in [4.69, 9.17) is 0 Å². The zero-order valence-corrected chi connectivity index (χ0v) is 16.6. The van der Waals surface area contributed by atoms with Gasteiger partial charge in [-0.25, -0.2) is 9.18 Å². The van der Waals surface area contributed by atoms with Gasteiger partial charge in [-0.05, 0) is 62.1 Å². The molecular formula is C22H32FN3O2. The van der Waals surface area contributed by atoms with Gasteiger partial charge in [0, 0.05) is 32.2 Å². The maximum absolute atomic E-state index is 14.6. The monoisotopic (exact) mass is 389 g/mol. The summed E-state index contributed by atoms with van der Waals surface area (Å²) in [4.78, 5) is 16.7. The van der Waals surface area contributed by atoms with Gasteiger partial charge in [0.25, 0.3) is 0 Å². The molecule has 4 rings (SSSR count). The fourth-order valence-corrected chi connectivity index (χ4v) is 5.18. The second-order valence-corrected chi connectivity index (χ2v) is 8.61. The van der Waals surface area contributed by atoms with Gasteiger partial charge < -0.3 is 20.2 Å². The largest absolute Gasteiger partial charge is 0.393 e. The quantitative estimate of drug-likeness (QED) is 0.826. The number of hydrogen-bond donors (Lipinski definition) is 2. The number of carbonyl (C=O) groups is 1. The smallest absolute Gasteiger partial charge is 0.317 e. The number of likely N-dealkylation sites (tertiary alicyclic amines) is 1. The molecule has 3 fully saturated rings. The van der Waals surface area contributed by atoms with Crippen LogP contribution in [0.3, 0.4) is 0 Å². The van der Waals surface area contributed by atoms with Crippen LogP contribution >= 0.6 is 0 Å². The first-order valence-electron chi connectivity index (χ1n) is 10.9. The molecule has 0 aromatic heterocycles. The number of amides is 2. The van der Waals surface area contributed by atoms with Gasteiger partial charge in [-0.3, -0.25) is 0 Å². The van der Waals surface area contributed by atoms with E-state index in [1.807, 2.05) is 15.9 Å². The van der Waals surface area contributed by atoms with Crippen LogP contribution in [0.2, 0.25) is 0 Å². The van der Waals surface area contributed by atoms with Crippen molar-refractivity contribution in [3.05, 3.63) is 29.6 Å². The summed E-state index contributed by atoms with van der Waals surface area (Å²) in [6.07, 6.45) is 8.35. The Labute approximate surface area is 166 Å². The van der Waals surface area contributed by atoms with Gasteiger partial charge in [0.15, 0.2) is 0 Å². The van der Waals surface area contributed by atoms with Crippen LogP contribution in [0.4, 0.5) is 14.9 Å². The molecule has 1 saturated carbocycles. The number of anilines is 1. The highest BCUT2D eigenvalue weighted by atomic mass is 19.1. The second-order valence-electron chi connectivity index (χ2n) is 8.61. The summed E-state index contributed by atoms with van der Waals surface area (Å²) in [5.41, 5.74) is 1.37. The number of aliphatic hydroxyl groups is 1. The number of hydrogen-bond acceptors (Lipinski definition) is 3. The molecule has 5 nitrogen and oxygen atoms in total. The lowest BCUT2D eigenvalue weighted by Crippen LogP contribution is -2.45. The Morgan fingerprint density at radius 1 is 1.07 bits per heavy atom. The first kappa shape index (κ1) is 19.5. The van der Waals surface area contributed by atoms with Gasteiger partial charge in [0.2, 0.25) is 0 Å². The number of piperidine rings is 1. The Balaban J connectivity index is 1.33. The van der Waals surface area contributed by atoms with Crippen molar-refractivity contribution in [2.75, 3.05) is 24.5 Å². The maximum atomic E-state index is 14.6. The van der Waals surface area contributed by atoms with Crippen molar-refractivity contribution in [3.8, 4) is 0 Å². The van der Waals surface area contributed by atoms with Crippen molar-refractivity contribution in [3.63, 3.8) is 0 Å². The summed E-state index contributed by atoms with van der Waals surface area (Å²) in [6.45, 7) is 2.53. The van der Waals surface area contributed by atoms with Gasteiger partial charge in [-0.15, -0.1) is 0 Å². The molecule has 1 aromatic rings. The molecule has 0 bridgehead atoms. The van der Waals surface area contributed by atoms with E-state index in [9.17, 15) is 14.3 Å². The topological polar surface area (TPSA) is 55.8 Å². The van der Waals surface area contributed by atoms with Gasteiger partial charge in [0.1, 0.15) is 5.82 Å². The van der Waals surface area contributed by atoms with E-state index in [-0.39, 0.29) is 18.0 Å². The van der Waals surface area contributed by atoms with Crippen molar-refractivity contribution < 1.29 is 14.3 Å². The van der Waals surface area contributed by atoms with Crippen LogP contribution in [-0.4, -0.2) is 47.8 Å². The molecule has 1 aliphatic carbocycles. The fraction of sp³-hybridized carbons (Fsp3) is 0.682. The molecule has 2 N–H and O–H groups in total. The number of nitrogens with one attached hydrogen (secondary N) is 1. The van der Waals surface area contributed by atoms with E-state index in [1.54, 1.807) is 6.07 Å². The number of benzene rings is 1. The highest BCUT2D eigenvalue weighted by Gasteiger charge is 2.35. The van der Waals surface area contributed by atoms with Gasteiger partial charge in [-0.2, -0.15) is 0 Å². The summed E-state index contributed by atoms with van der Waals surface area (Å²) < 4.78 is 14.6. The maximum Gasteiger partial charge on any atom is 0.317 e. The van der Waals surface area contributed by atoms with Crippen molar-refractivity contribution in [2.45, 2.75) is 70.1 Å². The SMILES string of the molecule is O=C(NCc1ccc(N2CCC(O)CC2)c(F)c1)N1CCCC1C1CCCC1. The van der Waals surface area contributed by atoms with E-state index in [2.05, 4.69) is 5.32 Å². The lowest BCUT2D eigenvalue weighted by Gasteiger charge is -2.32. The molecular weight excluding hydrogens is 357 g/mol. The molecule has 28 heavy (non-hydrogen) atoms. The zero-order valence-electron chi connectivity index (χ0n) is 16.6. The first-order chi connectivity index (χ1) is 13.6. The number of carbonyl (C=O) groups excluding carboxylic acids is 1. The molecule has 2 amide bonds. The van der Waals surface area contributed by atoms with Crippen molar-refractivity contribution in [2.24, 2.45) is 5.92 Å². The minimum atomic E-state index is -0.271. The molecule has 3 aliphatic rings. The number of urea groups is 1. The van der Waals surface area contributed by atoms with E-state index in [0.29, 0.717) is 50.1 Å². The van der Waals surface area contributed by atoms with Gasteiger partial charge >= 0.3 is 6.03 Å². The minimum Gasteiger partial charge on any atom is -0.393 e. The highest BCUT2D eigenvalue weighted by molar-refractivity contribution is 5.75. The molecule has 2 heterocycles. The number of nitrogens with zero attached hydrogens (tertiary/aromatic N) is 2. The van der Waals surface area contributed by atoms with Crippen LogP contribution in [-0.2, 0) is 6.54 Å². The van der Waals surface area contributed by atoms with Crippen molar-refractivity contribution in [1.29, 1.82) is 0 Å². The van der Waals surface area contributed by atoms with E-state index >= 15 is 0 Å². The molecule has 1 unspecified atom stereocenters. The molecule has 2 aliphatic heterocycles. The summed E-state index contributed by atoms with van der Waals surface area (Å²) in [7, 11) is 0. The third kappa shape index (κ3) is 4.27. The Hall–Kier alpha value is -1.82. The summed E-state index contributed by atoms with van der Waals surface area (Å²) in [5, 5.41) is 12.6. The Bertz CT molecular complexity index is 684. The van der Waals surface area contributed by atoms with E-state index in [0.717, 1.165) is 24.9 Å². The standard InChI is InChI=1S/C22H32FN3O2/c23-19-14-16(7-8-21(19)25-12-9-18(27)10-13-25)15-24-22(28)26-11-3-6-20(26)17-4-1-2-5-17/h7-8,14,17-18,20,27H,1-6,9-13,15H2,(H,24,28). The third-order valence-electron chi connectivity index (χ3n) is 6.77. The summed E-state index contributed by atoms with van der Waals surface area (Å²) in [5.74, 6) is 0.404. The van der Waals surface area contributed by atoms with Crippen LogP contribution in [0.5, 0.6) is 0 Å². The number of rotatable bonds is 4. The molecule has 6 heteroatoms. The van der Waals surface area contributed by atoms with Crippen LogP contribution in [0.15, 0.2) is 18.2 Å². The summed E-state index contributed by atoms with van der Waals surface area (Å²) in [6, 6.07) is 5.59. The molecule has 0 radical (unpaired) electrons. The van der Waals surface area contributed by atoms with Crippen molar-refractivity contribution >= 4 is 11.7 Å². The Kier molecular flexibility index (Phi) is 6.04. The molecule has 1 atom stereocenters. The van der Waals surface area contributed by atoms with Crippen LogP contribution < -0.4 is 10.2 Å². The highest BCUT2D eigenvalue weighted by Crippen LogP contribution is 2.35. The fourth-order valence-electron chi connectivity index (χ4n) is 5.18. The van der Waals surface area contributed by atoms with Crippen LogP contribution in [0, 0.1) is 11.7 Å². The third-order valence-corrected chi connectivity index (χ3v) is 6.77.